The Labute approximate surface area is 104 Å². The van der Waals surface area contributed by atoms with Crippen LogP contribution in [0.25, 0.3) is 0 Å². The maximum atomic E-state index is 12.9. The van der Waals surface area contributed by atoms with Gasteiger partial charge in [0.15, 0.2) is 0 Å². The van der Waals surface area contributed by atoms with Gasteiger partial charge in [0, 0.05) is 12.1 Å². The summed E-state index contributed by atoms with van der Waals surface area (Å²) in [5.74, 6) is -0.772. The van der Waals surface area contributed by atoms with Crippen molar-refractivity contribution < 1.29 is 8.78 Å². The number of hydrogen-bond donors (Lipinski definition) is 1. The average molecular weight is 249 g/mol. The van der Waals surface area contributed by atoms with Crippen molar-refractivity contribution in [3.05, 3.63) is 59.2 Å². The molecule has 2 heterocycles. The molecule has 2 aromatic rings. The lowest BCUT2D eigenvalue weighted by atomic mass is 10.0. The minimum Gasteiger partial charge on any atom is -0.322 e. The Balaban J connectivity index is 2.15. The molecule has 0 aliphatic carbocycles. The molecule has 0 aliphatic heterocycles. The molecule has 2 N–H and O–H groups in total. The van der Waals surface area contributed by atoms with Gasteiger partial charge in [0.05, 0.1) is 24.1 Å². The zero-order valence-corrected chi connectivity index (χ0v) is 9.90. The van der Waals surface area contributed by atoms with E-state index in [-0.39, 0.29) is 11.9 Å². The van der Waals surface area contributed by atoms with Gasteiger partial charge in [-0.2, -0.15) is 0 Å². The van der Waals surface area contributed by atoms with Crippen molar-refractivity contribution in [1.82, 2.24) is 9.97 Å². The predicted octanol–water partition coefficient (Wildman–Crippen LogP) is 2.31. The van der Waals surface area contributed by atoms with Gasteiger partial charge in [0.2, 0.25) is 0 Å². The van der Waals surface area contributed by atoms with Crippen molar-refractivity contribution in [3.8, 4) is 0 Å². The quantitative estimate of drug-likeness (QED) is 0.908. The second kappa shape index (κ2) is 5.18. The normalized spacial score (nSPS) is 12.4. The first kappa shape index (κ1) is 12.6. The number of pyridine rings is 2. The smallest absolute Gasteiger partial charge is 0.141 e. The highest BCUT2D eigenvalue weighted by molar-refractivity contribution is 5.21. The van der Waals surface area contributed by atoms with Gasteiger partial charge in [0.1, 0.15) is 11.6 Å². The first-order valence-electron chi connectivity index (χ1n) is 5.54. The highest BCUT2D eigenvalue weighted by atomic mass is 19.1. The summed E-state index contributed by atoms with van der Waals surface area (Å²) in [7, 11) is 0. The number of aryl methyl sites for hydroxylation is 1. The molecule has 18 heavy (non-hydrogen) atoms. The van der Waals surface area contributed by atoms with E-state index in [2.05, 4.69) is 9.97 Å². The van der Waals surface area contributed by atoms with Gasteiger partial charge in [-0.15, -0.1) is 0 Å². The van der Waals surface area contributed by atoms with Crippen LogP contribution in [0.5, 0.6) is 0 Å². The summed E-state index contributed by atoms with van der Waals surface area (Å²) >= 11 is 0. The van der Waals surface area contributed by atoms with E-state index in [0.29, 0.717) is 12.1 Å². The minimum absolute atomic E-state index is 0.371. The highest BCUT2D eigenvalue weighted by Crippen LogP contribution is 2.16. The lowest BCUT2D eigenvalue weighted by molar-refractivity contribution is 0.604. The monoisotopic (exact) mass is 249 g/mol. The van der Waals surface area contributed by atoms with Gasteiger partial charge >= 0.3 is 0 Å². The summed E-state index contributed by atoms with van der Waals surface area (Å²) in [6.07, 6.45) is 2.72. The van der Waals surface area contributed by atoms with Crippen LogP contribution in [0.3, 0.4) is 0 Å². The molecule has 0 fully saturated rings. The molecule has 0 aliphatic rings. The molecule has 1 unspecified atom stereocenters. The minimum atomic E-state index is -0.401. The van der Waals surface area contributed by atoms with E-state index in [4.69, 9.17) is 5.73 Å². The Morgan fingerprint density at radius 1 is 1.17 bits per heavy atom. The largest absolute Gasteiger partial charge is 0.322 e. The molecule has 0 aromatic carbocycles. The Morgan fingerprint density at radius 3 is 2.50 bits per heavy atom. The van der Waals surface area contributed by atoms with E-state index in [9.17, 15) is 8.78 Å². The molecule has 94 valence electrons. The maximum Gasteiger partial charge on any atom is 0.141 e. The van der Waals surface area contributed by atoms with E-state index in [0.717, 1.165) is 23.7 Å². The van der Waals surface area contributed by atoms with Crippen molar-refractivity contribution in [3.63, 3.8) is 0 Å². The summed E-state index contributed by atoms with van der Waals surface area (Å²) in [6, 6.07) is 3.88. The second-order valence-electron chi connectivity index (χ2n) is 4.13. The van der Waals surface area contributed by atoms with Crippen molar-refractivity contribution >= 4 is 0 Å². The maximum absolute atomic E-state index is 12.9. The van der Waals surface area contributed by atoms with E-state index >= 15 is 0 Å². The zero-order valence-electron chi connectivity index (χ0n) is 9.90. The molecule has 0 spiro atoms. The molecule has 0 saturated carbocycles. The van der Waals surface area contributed by atoms with Gasteiger partial charge in [-0.25, -0.2) is 8.78 Å². The molecule has 0 bridgehead atoms. The lowest BCUT2D eigenvalue weighted by Gasteiger charge is -2.12. The van der Waals surface area contributed by atoms with E-state index in [1.807, 2.05) is 0 Å². The molecule has 2 aromatic heterocycles. The van der Waals surface area contributed by atoms with Gasteiger partial charge in [-0.1, -0.05) is 0 Å². The number of aromatic nitrogens is 2. The second-order valence-corrected chi connectivity index (χ2v) is 4.13. The number of hydrogen-bond acceptors (Lipinski definition) is 3. The highest BCUT2D eigenvalue weighted by Gasteiger charge is 2.11. The fraction of sp³-hybridized carbons (Fsp3) is 0.231. The Hall–Kier alpha value is -1.88. The third-order valence-electron chi connectivity index (χ3n) is 2.70. The van der Waals surface area contributed by atoms with Crippen LogP contribution >= 0.6 is 0 Å². The van der Waals surface area contributed by atoms with Gasteiger partial charge in [-0.3, -0.25) is 9.97 Å². The summed E-state index contributed by atoms with van der Waals surface area (Å²) in [5.41, 5.74) is 8.01. The molecule has 0 saturated heterocycles. The van der Waals surface area contributed by atoms with E-state index in [1.165, 1.54) is 12.1 Å². The molecule has 2 rings (SSSR count). The van der Waals surface area contributed by atoms with Gasteiger partial charge in [0.25, 0.3) is 0 Å². The molecule has 0 radical (unpaired) electrons. The summed E-state index contributed by atoms with van der Waals surface area (Å²) in [6.45, 7) is 1.77. The zero-order chi connectivity index (χ0) is 13.1. The van der Waals surface area contributed by atoms with Crippen LogP contribution in [0.15, 0.2) is 30.6 Å². The Kier molecular flexibility index (Phi) is 3.62. The van der Waals surface area contributed by atoms with Crippen LogP contribution in [0.2, 0.25) is 0 Å². The van der Waals surface area contributed by atoms with Crippen molar-refractivity contribution in [2.24, 2.45) is 5.73 Å². The van der Waals surface area contributed by atoms with E-state index < -0.39 is 5.82 Å². The lowest BCUT2D eigenvalue weighted by Crippen LogP contribution is -2.16. The van der Waals surface area contributed by atoms with Gasteiger partial charge < -0.3 is 5.73 Å². The SMILES string of the molecule is Cc1cc(F)cnc1CC(N)c1ccc(F)cn1. The van der Waals surface area contributed by atoms with Crippen molar-refractivity contribution in [2.45, 2.75) is 19.4 Å². The van der Waals surface area contributed by atoms with Crippen LogP contribution in [-0.2, 0) is 6.42 Å². The number of nitrogens with zero attached hydrogens (tertiary/aromatic N) is 2. The van der Waals surface area contributed by atoms with Crippen LogP contribution in [0, 0.1) is 18.6 Å². The van der Waals surface area contributed by atoms with Crippen LogP contribution in [0.1, 0.15) is 23.0 Å². The molecule has 3 nitrogen and oxygen atoms in total. The third-order valence-corrected chi connectivity index (χ3v) is 2.70. The van der Waals surface area contributed by atoms with Crippen LogP contribution in [0.4, 0.5) is 8.78 Å². The van der Waals surface area contributed by atoms with Crippen molar-refractivity contribution in [1.29, 1.82) is 0 Å². The summed E-state index contributed by atoms with van der Waals surface area (Å²) < 4.78 is 25.6. The van der Waals surface area contributed by atoms with Crippen molar-refractivity contribution in [2.75, 3.05) is 0 Å². The topological polar surface area (TPSA) is 51.8 Å². The summed E-state index contributed by atoms with van der Waals surface area (Å²) in [5, 5.41) is 0. The molecule has 0 amide bonds. The molecule has 5 heteroatoms. The number of rotatable bonds is 3. The molecule has 1 atom stereocenters. The van der Waals surface area contributed by atoms with E-state index in [1.54, 1.807) is 13.0 Å². The first-order chi connectivity index (χ1) is 8.56. The molecular weight excluding hydrogens is 236 g/mol. The summed E-state index contributed by atoms with van der Waals surface area (Å²) in [4.78, 5) is 7.92. The third kappa shape index (κ3) is 2.87. The average Bonchev–Trinajstić information content (AvgIpc) is 2.33. The predicted molar refractivity (Wildman–Crippen MR) is 63.8 cm³/mol. The van der Waals surface area contributed by atoms with Crippen LogP contribution < -0.4 is 5.73 Å². The number of halogens is 2. The number of nitrogens with two attached hydrogens (primary N) is 1. The molecular formula is C13H13F2N3. The Morgan fingerprint density at radius 2 is 1.89 bits per heavy atom. The van der Waals surface area contributed by atoms with Crippen LogP contribution in [-0.4, -0.2) is 9.97 Å². The first-order valence-corrected chi connectivity index (χ1v) is 5.54. The fourth-order valence-electron chi connectivity index (χ4n) is 1.70. The Bertz CT molecular complexity index is 540. The van der Waals surface area contributed by atoms with Gasteiger partial charge in [-0.05, 0) is 30.7 Å². The fourth-order valence-corrected chi connectivity index (χ4v) is 1.70. The standard InChI is InChI=1S/C13H13F2N3/c1-8-4-10(15)7-18-13(8)5-11(16)12-3-2-9(14)6-17-12/h2-4,6-7,11H,5,16H2,1H3.